The molecule has 2 N–H and O–H groups in total. The van der Waals surface area contributed by atoms with E-state index in [9.17, 15) is 20.0 Å². The van der Waals surface area contributed by atoms with Crippen LogP contribution in [0, 0.1) is 17.0 Å². The molecule has 7 nitrogen and oxygen atoms in total. The van der Waals surface area contributed by atoms with Gasteiger partial charge in [-0.1, -0.05) is 13.3 Å². The van der Waals surface area contributed by atoms with Gasteiger partial charge >= 0.3 is 11.7 Å². The van der Waals surface area contributed by atoms with Crippen LogP contribution in [0.25, 0.3) is 0 Å². The zero-order valence-electron chi connectivity index (χ0n) is 10.6. The molecule has 19 heavy (non-hydrogen) atoms. The Morgan fingerprint density at radius 1 is 1.58 bits per heavy atom. The number of aromatic nitrogens is 1. The van der Waals surface area contributed by atoms with Crippen molar-refractivity contribution in [2.45, 2.75) is 31.7 Å². The molecular weight excluding hydrogens is 270 g/mol. The molecule has 1 aromatic heterocycles. The fourth-order valence-corrected chi connectivity index (χ4v) is 2.02. The van der Waals surface area contributed by atoms with Gasteiger partial charge in [-0.25, -0.2) is 9.78 Å². The number of nitro groups is 1. The summed E-state index contributed by atoms with van der Waals surface area (Å²) in [4.78, 5) is 25.4. The Hall–Kier alpha value is -1.83. The predicted octanol–water partition coefficient (Wildman–Crippen LogP) is 2.50. The van der Waals surface area contributed by atoms with Gasteiger partial charge in [0.2, 0.25) is 0 Å². The van der Waals surface area contributed by atoms with Gasteiger partial charge in [0.25, 0.3) is 0 Å². The minimum atomic E-state index is -1.25. The van der Waals surface area contributed by atoms with Crippen molar-refractivity contribution in [3.8, 4) is 0 Å². The first-order valence-electron chi connectivity index (χ1n) is 5.75. The molecule has 0 amide bonds. The van der Waals surface area contributed by atoms with Gasteiger partial charge in [0, 0.05) is 6.54 Å². The number of aryl methyl sites for hydroxylation is 1. The van der Waals surface area contributed by atoms with Gasteiger partial charge in [-0.05, 0) is 13.3 Å². The normalized spacial score (nSPS) is 10.3. The fourth-order valence-electron chi connectivity index (χ4n) is 1.68. The summed E-state index contributed by atoms with van der Waals surface area (Å²) in [5, 5.41) is 22.9. The summed E-state index contributed by atoms with van der Waals surface area (Å²) >= 11 is 3.95. The third kappa shape index (κ3) is 3.34. The van der Waals surface area contributed by atoms with Crippen LogP contribution in [0.1, 0.15) is 35.8 Å². The molecule has 1 aromatic rings. The topological polar surface area (TPSA) is 105 Å². The summed E-state index contributed by atoms with van der Waals surface area (Å²) in [7, 11) is 0. The van der Waals surface area contributed by atoms with Gasteiger partial charge in [0.15, 0.2) is 5.03 Å². The Morgan fingerprint density at radius 3 is 2.68 bits per heavy atom. The minimum absolute atomic E-state index is 0.0246. The standard InChI is InChI=1S/C11H15N3O4S/c1-3-4-5-12-8-7(11(15)16)6(2)13-10(19)9(8)14(17)18/h3-5H2,1-2H3,(H,15,16)(H2,12,13,19). The van der Waals surface area contributed by atoms with Gasteiger partial charge in [0.05, 0.1) is 10.6 Å². The van der Waals surface area contributed by atoms with Crippen LogP contribution in [0.15, 0.2) is 5.03 Å². The van der Waals surface area contributed by atoms with Crippen LogP contribution in [0.4, 0.5) is 11.4 Å². The number of nitrogens with zero attached hydrogens (tertiary/aromatic N) is 2. The second-order valence-electron chi connectivity index (χ2n) is 3.96. The molecule has 0 spiro atoms. The highest BCUT2D eigenvalue weighted by atomic mass is 32.1. The first-order chi connectivity index (χ1) is 8.90. The van der Waals surface area contributed by atoms with Crippen molar-refractivity contribution >= 4 is 30.0 Å². The smallest absolute Gasteiger partial charge is 0.339 e. The SMILES string of the molecule is CCCCNc1c(C(=O)O)c(C)nc(S)c1[N+](=O)[O-]. The van der Waals surface area contributed by atoms with Crippen molar-refractivity contribution in [3.63, 3.8) is 0 Å². The number of anilines is 1. The molecule has 0 bridgehead atoms. The number of carbonyl (C=O) groups is 1. The van der Waals surface area contributed by atoms with E-state index < -0.39 is 16.6 Å². The third-order valence-corrected chi connectivity index (χ3v) is 2.87. The van der Waals surface area contributed by atoms with E-state index in [1.54, 1.807) is 0 Å². The van der Waals surface area contributed by atoms with E-state index in [-0.39, 0.29) is 22.0 Å². The zero-order valence-corrected chi connectivity index (χ0v) is 11.5. The fraction of sp³-hybridized carbons (Fsp3) is 0.455. The average Bonchev–Trinajstić information content (AvgIpc) is 2.27. The maximum absolute atomic E-state index is 11.2. The largest absolute Gasteiger partial charge is 0.478 e. The zero-order chi connectivity index (χ0) is 14.6. The molecule has 0 aliphatic heterocycles. The van der Waals surface area contributed by atoms with Crippen molar-refractivity contribution < 1.29 is 14.8 Å². The molecule has 1 rings (SSSR count). The summed E-state index contributed by atoms with van der Waals surface area (Å²) in [5.74, 6) is -1.25. The Morgan fingerprint density at radius 2 is 2.21 bits per heavy atom. The molecule has 0 fully saturated rings. The van der Waals surface area contributed by atoms with E-state index in [0.717, 1.165) is 12.8 Å². The second kappa shape index (κ2) is 6.37. The quantitative estimate of drug-likeness (QED) is 0.321. The second-order valence-corrected chi connectivity index (χ2v) is 4.39. The third-order valence-electron chi connectivity index (χ3n) is 2.56. The number of thiol groups is 1. The highest BCUT2D eigenvalue weighted by Crippen LogP contribution is 2.34. The molecule has 0 saturated heterocycles. The van der Waals surface area contributed by atoms with Crippen molar-refractivity contribution in [1.82, 2.24) is 4.98 Å². The lowest BCUT2D eigenvalue weighted by molar-refractivity contribution is -0.387. The molecule has 0 saturated carbocycles. The number of pyridine rings is 1. The molecule has 0 aliphatic rings. The summed E-state index contributed by atoms with van der Waals surface area (Å²) in [6.07, 6.45) is 1.67. The van der Waals surface area contributed by atoms with Crippen molar-refractivity contribution in [2.75, 3.05) is 11.9 Å². The Labute approximate surface area is 115 Å². The Balaban J connectivity index is 3.40. The van der Waals surface area contributed by atoms with E-state index in [2.05, 4.69) is 22.9 Å². The average molecular weight is 285 g/mol. The molecular formula is C11H15N3O4S. The molecule has 1 heterocycles. The molecule has 0 aliphatic carbocycles. The number of carboxylic acid groups (broad SMARTS) is 1. The molecule has 0 atom stereocenters. The van der Waals surface area contributed by atoms with Gasteiger partial charge in [-0.3, -0.25) is 10.1 Å². The van der Waals surface area contributed by atoms with E-state index in [4.69, 9.17) is 0 Å². The predicted molar refractivity (Wildman–Crippen MR) is 73.2 cm³/mol. The summed E-state index contributed by atoms with van der Waals surface area (Å²) in [5.41, 5.74) is -0.409. The highest BCUT2D eigenvalue weighted by molar-refractivity contribution is 7.80. The summed E-state index contributed by atoms with van der Waals surface area (Å²) < 4.78 is 0. The number of hydrogen-bond acceptors (Lipinski definition) is 6. The van der Waals surface area contributed by atoms with Crippen LogP contribution in [0.2, 0.25) is 0 Å². The molecule has 0 aromatic carbocycles. The van der Waals surface area contributed by atoms with E-state index in [1.165, 1.54) is 6.92 Å². The van der Waals surface area contributed by atoms with Gasteiger partial charge in [-0.2, -0.15) is 0 Å². The Kier molecular flexibility index (Phi) is 5.11. The highest BCUT2D eigenvalue weighted by Gasteiger charge is 2.28. The van der Waals surface area contributed by atoms with Crippen molar-refractivity contribution in [1.29, 1.82) is 0 Å². The lowest BCUT2D eigenvalue weighted by Gasteiger charge is -2.12. The van der Waals surface area contributed by atoms with Crippen LogP contribution in [0.5, 0.6) is 0 Å². The van der Waals surface area contributed by atoms with Crippen molar-refractivity contribution in [3.05, 3.63) is 21.4 Å². The number of aromatic carboxylic acids is 1. The first-order valence-corrected chi connectivity index (χ1v) is 6.20. The lowest BCUT2D eigenvalue weighted by Crippen LogP contribution is -2.13. The monoisotopic (exact) mass is 285 g/mol. The number of hydrogen-bond donors (Lipinski definition) is 3. The van der Waals surface area contributed by atoms with Crippen LogP contribution in [0.3, 0.4) is 0 Å². The molecule has 8 heteroatoms. The van der Waals surface area contributed by atoms with E-state index in [0.29, 0.717) is 6.54 Å². The molecule has 0 unspecified atom stereocenters. The minimum Gasteiger partial charge on any atom is -0.478 e. The van der Waals surface area contributed by atoms with Crippen LogP contribution < -0.4 is 5.32 Å². The van der Waals surface area contributed by atoms with Crippen molar-refractivity contribution in [2.24, 2.45) is 0 Å². The number of unbranched alkanes of at least 4 members (excludes halogenated alkanes) is 1. The van der Waals surface area contributed by atoms with Gasteiger partial charge in [-0.15, -0.1) is 12.6 Å². The van der Waals surface area contributed by atoms with E-state index >= 15 is 0 Å². The number of nitrogens with one attached hydrogen (secondary N) is 1. The summed E-state index contributed by atoms with van der Waals surface area (Å²) in [6, 6.07) is 0. The van der Waals surface area contributed by atoms with E-state index in [1.807, 2.05) is 6.92 Å². The van der Waals surface area contributed by atoms with Crippen LogP contribution in [-0.2, 0) is 0 Å². The Bertz CT molecular complexity index is 481. The van der Waals surface area contributed by atoms with Crippen LogP contribution >= 0.6 is 12.6 Å². The number of rotatable bonds is 6. The van der Waals surface area contributed by atoms with Crippen LogP contribution in [-0.4, -0.2) is 27.5 Å². The summed E-state index contributed by atoms with van der Waals surface area (Å²) in [6.45, 7) is 3.90. The lowest BCUT2D eigenvalue weighted by atomic mass is 10.1. The first kappa shape index (κ1) is 15.2. The van der Waals surface area contributed by atoms with Gasteiger partial charge < -0.3 is 10.4 Å². The molecule has 104 valence electrons. The molecule has 0 radical (unpaired) electrons. The maximum Gasteiger partial charge on any atom is 0.339 e. The van der Waals surface area contributed by atoms with Gasteiger partial charge in [0.1, 0.15) is 11.3 Å². The maximum atomic E-state index is 11.2. The number of carboxylic acids is 1.